The number of benzene rings is 1. The van der Waals surface area contributed by atoms with Crippen molar-refractivity contribution >= 4 is 31.2 Å². The first-order chi connectivity index (χ1) is 8.24. The van der Waals surface area contributed by atoms with Gasteiger partial charge in [-0.2, -0.15) is 0 Å². The molecule has 95 valence electrons. The van der Waals surface area contributed by atoms with Crippen LogP contribution in [0, 0.1) is 5.41 Å². The van der Waals surface area contributed by atoms with E-state index in [1.54, 1.807) is 18.2 Å². The predicted molar refractivity (Wildman–Crippen MR) is 75.2 cm³/mol. The Balaban J connectivity index is 3.20. The summed E-state index contributed by atoms with van der Waals surface area (Å²) in [5.41, 5.74) is 1.74. The molecule has 0 atom stereocenters. The van der Waals surface area contributed by atoms with Crippen molar-refractivity contribution in [1.29, 1.82) is 5.41 Å². The Kier molecular flexibility index (Phi) is 4.59. The first-order valence-corrected chi connectivity index (χ1v) is 5.73. The summed E-state index contributed by atoms with van der Waals surface area (Å²) in [5, 5.41) is 26.2. The molecule has 0 aliphatic rings. The largest absolute Gasteiger partial charge is 0.487 e. The number of rotatable bonds is 3. The average Bonchev–Trinajstić information content (AvgIpc) is 2.25. The molecule has 0 aromatic heterocycles. The Morgan fingerprint density at radius 2 is 1.94 bits per heavy atom. The SMILES string of the molecule is COC(=N)c1ccc(B(O)O)c([B]C(C)(C)C)c1. The van der Waals surface area contributed by atoms with Gasteiger partial charge in [0.2, 0.25) is 5.90 Å². The summed E-state index contributed by atoms with van der Waals surface area (Å²) >= 11 is 0. The summed E-state index contributed by atoms with van der Waals surface area (Å²) in [6.07, 6.45) is 0. The molecular weight excluding hydrogens is 228 g/mol. The van der Waals surface area contributed by atoms with Crippen LogP contribution in [0.4, 0.5) is 0 Å². The van der Waals surface area contributed by atoms with E-state index in [0.717, 1.165) is 0 Å². The van der Waals surface area contributed by atoms with Gasteiger partial charge in [0.05, 0.1) is 7.11 Å². The smallest absolute Gasteiger partial charge is 0.481 e. The Hall–Kier alpha value is -1.26. The molecule has 0 unspecified atom stereocenters. The minimum absolute atomic E-state index is 0.0533. The first kappa shape index (κ1) is 14.8. The molecule has 1 rings (SSSR count). The second-order valence-electron chi connectivity index (χ2n) is 5.26. The third-order valence-corrected chi connectivity index (χ3v) is 2.42. The van der Waals surface area contributed by atoms with Crippen LogP contribution in [0.15, 0.2) is 18.2 Å². The van der Waals surface area contributed by atoms with Crippen molar-refractivity contribution in [1.82, 2.24) is 0 Å². The zero-order valence-electron chi connectivity index (χ0n) is 11.2. The quantitative estimate of drug-likeness (QED) is 0.395. The van der Waals surface area contributed by atoms with Gasteiger partial charge in [-0.25, -0.2) is 0 Å². The highest BCUT2D eigenvalue weighted by Gasteiger charge is 2.22. The molecule has 0 amide bonds. The van der Waals surface area contributed by atoms with Crippen molar-refractivity contribution < 1.29 is 14.8 Å². The van der Waals surface area contributed by atoms with Crippen molar-refractivity contribution in [3.63, 3.8) is 0 Å². The summed E-state index contributed by atoms with van der Waals surface area (Å²) in [5.74, 6) is 0.0533. The van der Waals surface area contributed by atoms with Crippen LogP contribution in [0.3, 0.4) is 0 Å². The lowest BCUT2D eigenvalue weighted by atomic mass is 9.48. The van der Waals surface area contributed by atoms with Crippen molar-refractivity contribution in [2.45, 2.75) is 26.1 Å². The lowest BCUT2D eigenvalue weighted by molar-refractivity contribution is 0.401. The van der Waals surface area contributed by atoms with E-state index in [1.165, 1.54) is 7.11 Å². The molecule has 0 saturated carbocycles. The van der Waals surface area contributed by atoms with E-state index >= 15 is 0 Å². The average molecular weight is 246 g/mol. The zero-order chi connectivity index (χ0) is 13.9. The zero-order valence-corrected chi connectivity index (χ0v) is 11.2. The molecule has 0 saturated heterocycles. The minimum atomic E-state index is -1.52. The second-order valence-corrected chi connectivity index (χ2v) is 5.26. The van der Waals surface area contributed by atoms with Crippen LogP contribution >= 0.6 is 0 Å². The van der Waals surface area contributed by atoms with Gasteiger partial charge >= 0.3 is 7.12 Å². The van der Waals surface area contributed by atoms with E-state index < -0.39 is 7.12 Å². The van der Waals surface area contributed by atoms with Crippen LogP contribution < -0.4 is 10.9 Å². The summed E-state index contributed by atoms with van der Waals surface area (Å²) in [7, 11) is 1.85. The second kappa shape index (κ2) is 5.59. The van der Waals surface area contributed by atoms with Crippen LogP contribution in [-0.2, 0) is 4.74 Å². The normalized spacial score (nSPS) is 11.0. The number of hydrogen-bond acceptors (Lipinski definition) is 4. The number of hydrogen-bond donors (Lipinski definition) is 3. The molecule has 3 N–H and O–H groups in total. The van der Waals surface area contributed by atoms with Crippen LogP contribution in [-0.4, -0.2) is 37.5 Å². The lowest BCUT2D eigenvalue weighted by Gasteiger charge is -2.20. The standard InChI is InChI=1S/C12H18B2NO3/c1-12(2,3)13-9-7-8(11(15)18-4)5-6-10(9)14(16)17/h5-7,15-17H,1-4H3. The molecular formula is C12H18B2NO3. The summed E-state index contributed by atoms with van der Waals surface area (Å²) in [6.45, 7) is 6.07. The van der Waals surface area contributed by atoms with Gasteiger partial charge in [-0.3, -0.25) is 5.41 Å². The van der Waals surface area contributed by atoms with Gasteiger partial charge in [0.25, 0.3) is 0 Å². The van der Waals surface area contributed by atoms with E-state index in [-0.39, 0.29) is 11.2 Å². The monoisotopic (exact) mass is 246 g/mol. The third kappa shape index (κ3) is 3.89. The highest BCUT2D eigenvalue weighted by Crippen LogP contribution is 2.19. The van der Waals surface area contributed by atoms with Gasteiger partial charge in [0.1, 0.15) is 0 Å². The molecule has 18 heavy (non-hydrogen) atoms. The van der Waals surface area contributed by atoms with E-state index in [4.69, 9.17) is 10.1 Å². The number of ether oxygens (including phenoxy) is 1. The van der Waals surface area contributed by atoms with Crippen molar-refractivity contribution in [2.24, 2.45) is 0 Å². The van der Waals surface area contributed by atoms with Gasteiger partial charge in [0.15, 0.2) is 7.28 Å². The number of methoxy groups -OCH3 is 1. The molecule has 1 radical (unpaired) electrons. The van der Waals surface area contributed by atoms with Gasteiger partial charge in [0, 0.05) is 5.56 Å². The Morgan fingerprint density at radius 1 is 1.33 bits per heavy atom. The summed E-state index contributed by atoms with van der Waals surface area (Å²) < 4.78 is 4.87. The molecule has 1 aromatic carbocycles. The fourth-order valence-electron chi connectivity index (χ4n) is 1.66. The predicted octanol–water partition coefficient (Wildman–Crippen LogP) is -0.114. The minimum Gasteiger partial charge on any atom is -0.481 e. The Labute approximate surface area is 109 Å². The lowest BCUT2D eigenvalue weighted by Crippen LogP contribution is -2.46. The van der Waals surface area contributed by atoms with E-state index in [0.29, 0.717) is 16.5 Å². The summed E-state index contributed by atoms with van der Waals surface area (Å²) in [6, 6.07) is 4.97. The number of nitrogens with one attached hydrogen (secondary N) is 1. The molecule has 0 aliphatic carbocycles. The van der Waals surface area contributed by atoms with Crippen molar-refractivity contribution in [2.75, 3.05) is 7.11 Å². The fraction of sp³-hybridized carbons (Fsp3) is 0.417. The maximum Gasteiger partial charge on any atom is 0.487 e. The molecule has 4 nitrogen and oxygen atoms in total. The van der Waals surface area contributed by atoms with Gasteiger partial charge in [-0.15, -0.1) is 0 Å². The maximum atomic E-state index is 9.34. The highest BCUT2D eigenvalue weighted by molar-refractivity contribution is 6.70. The van der Waals surface area contributed by atoms with Crippen LogP contribution in [0.5, 0.6) is 0 Å². The van der Waals surface area contributed by atoms with Crippen LogP contribution in [0.25, 0.3) is 0 Å². The van der Waals surface area contributed by atoms with Crippen LogP contribution in [0.2, 0.25) is 5.31 Å². The third-order valence-electron chi connectivity index (χ3n) is 2.42. The van der Waals surface area contributed by atoms with Gasteiger partial charge < -0.3 is 14.8 Å². The molecule has 0 heterocycles. The van der Waals surface area contributed by atoms with E-state index in [2.05, 4.69) is 0 Å². The van der Waals surface area contributed by atoms with Crippen LogP contribution in [0.1, 0.15) is 26.3 Å². The van der Waals surface area contributed by atoms with E-state index in [9.17, 15) is 10.0 Å². The molecule has 0 spiro atoms. The molecule has 1 aromatic rings. The molecule has 6 heteroatoms. The molecule has 0 aliphatic heterocycles. The highest BCUT2D eigenvalue weighted by atomic mass is 16.5. The fourth-order valence-corrected chi connectivity index (χ4v) is 1.66. The maximum absolute atomic E-state index is 9.34. The van der Waals surface area contributed by atoms with E-state index in [1.807, 2.05) is 28.1 Å². The van der Waals surface area contributed by atoms with Gasteiger partial charge in [-0.1, -0.05) is 43.7 Å². The van der Waals surface area contributed by atoms with Crippen molar-refractivity contribution in [3.8, 4) is 0 Å². The van der Waals surface area contributed by atoms with Gasteiger partial charge in [-0.05, 0) is 11.5 Å². The Morgan fingerprint density at radius 3 is 2.39 bits per heavy atom. The van der Waals surface area contributed by atoms with Crippen molar-refractivity contribution in [3.05, 3.63) is 23.8 Å². The first-order valence-electron chi connectivity index (χ1n) is 5.73. The molecule has 0 bridgehead atoms. The molecule has 0 fully saturated rings. The topological polar surface area (TPSA) is 73.5 Å². The summed E-state index contributed by atoms with van der Waals surface area (Å²) in [4.78, 5) is 0. The Bertz CT molecular complexity index is 441.